The molecule has 0 aliphatic heterocycles. The number of aryl methyl sites for hydroxylation is 1. The molecule has 3 heteroatoms. The van der Waals surface area contributed by atoms with E-state index in [9.17, 15) is 0 Å². The number of para-hydroxylation sites is 1. The van der Waals surface area contributed by atoms with E-state index in [0.717, 1.165) is 16.7 Å². The summed E-state index contributed by atoms with van der Waals surface area (Å²) < 4.78 is 5.95. The summed E-state index contributed by atoms with van der Waals surface area (Å²) in [5.74, 6) is 0.876. The van der Waals surface area contributed by atoms with Crippen LogP contribution in [0, 0.1) is 6.92 Å². The third-order valence-corrected chi connectivity index (χ3v) is 3.76. The summed E-state index contributed by atoms with van der Waals surface area (Å²) in [6.07, 6.45) is 0. The third-order valence-electron chi connectivity index (χ3n) is 3.46. The summed E-state index contributed by atoms with van der Waals surface area (Å²) in [4.78, 5) is 0. The van der Waals surface area contributed by atoms with E-state index < -0.39 is 0 Å². The average Bonchev–Trinajstić information content (AvgIpc) is 2.85. The van der Waals surface area contributed by atoms with Crippen LogP contribution in [-0.4, -0.2) is 7.05 Å². The zero-order chi connectivity index (χ0) is 14.1. The van der Waals surface area contributed by atoms with Gasteiger partial charge in [-0.25, -0.2) is 0 Å². The summed E-state index contributed by atoms with van der Waals surface area (Å²) in [7, 11) is 1.93. The van der Waals surface area contributed by atoms with Crippen molar-refractivity contribution in [3.8, 4) is 0 Å². The van der Waals surface area contributed by atoms with E-state index in [1.54, 1.807) is 0 Å². The van der Waals surface area contributed by atoms with Crippen LogP contribution >= 0.6 is 11.6 Å². The maximum atomic E-state index is 6.18. The number of halogens is 1. The third kappa shape index (κ3) is 2.33. The predicted molar refractivity (Wildman–Crippen MR) is 83.3 cm³/mol. The van der Waals surface area contributed by atoms with Gasteiger partial charge < -0.3 is 9.73 Å². The lowest BCUT2D eigenvalue weighted by atomic mass is 10.0. The van der Waals surface area contributed by atoms with E-state index in [0.29, 0.717) is 5.02 Å². The Balaban J connectivity index is 2.09. The molecule has 0 aliphatic carbocycles. The van der Waals surface area contributed by atoms with Crippen LogP contribution in [0.5, 0.6) is 0 Å². The Labute approximate surface area is 123 Å². The first kappa shape index (κ1) is 13.2. The van der Waals surface area contributed by atoms with Crippen molar-refractivity contribution >= 4 is 22.6 Å². The lowest BCUT2D eigenvalue weighted by molar-refractivity contribution is 0.491. The van der Waals surface area contributed by atoms with Crippen LogP contribution in [-0.2, 0) is 0 Å². The van der Waals surface area contributed by atoms with Gasteiger partial charge in [0.15, 0.2) is 5.58 Å². The van der Waals surface area contributed by atoms with E-state index in [4.69, 9.17) is 16.0 Å². The molecule has 2 aromatic carbocycles. The molecule has 0 bridgehead atoms. The molecule has 0 aliphatic rings. The number of fused-ring (bicyclic) bond motifs is 1. The Hall–Kier alpha value is -1.77. The SMILES string of the molecule is CNC(c1cccc(C)c1)c1cc2cccc(Cl)c2o1. The topological polar surface area (TPSA) is 25.2 Å². The maximum Gasteiger partial charge on any atom is 0.152 e. The number of nitrogens with one attached hydrogen (secondary N) is 1. The van der Waals surface area contributed by atoms with Crippen molar-refractivity contribution < 1.29 is 4.42 Å². The Bertz CT molecular complexity index is 748. The molecular weight excluding hydrogens is 270 g/mol. The van der Waals surface area contributed by atoms with Crippen molar-refractivity contribution in [3.05, 3.63) is 70.4 Å². The van der Waals surface area contributed by atoms with Crippen LogP contribution in [0.4, 0.5) is 0 Å². The predicted octanol–water partition coefficient (Wildman–Crippen LogP) is 4.70. The van der Waals surface area contributed by atoms with Gasteiger partial charge in [0, 0.05) is 5.39 Å². The molecule has 1 N–H and O–H groups in total. The molecule has 102 valence electrons. The molecule has 1 heterocycles. The van der Waals surface area contributed by atoms with Crippen LogP contribution < -0.4 is 5.32 Å². The van der Waals surface area contributed by atoms with E-state index in [-0.39, 0.29) is 6.04 Å². The van der Waals surface area contributed by atoms with Gasteiger partial charge in [-0.3, -0.25) is 0 Å². The number of hydrogen-bond acceptors (Lipinski definition) is 2. The van der Waals surface area contributed by atoms with E-state index in [2.05, 4.69) is 36.5 Å². The quantitative estimate of drug-likeness (QED) is 0.754. The molecule has 0 saturated heterocycles. The molecule has 0 amide bonds. The molecule has 0 saturated carbocycles. The molecule has 1 atom stereocenters. The monoisotopic (exact) mass is 285 g/mol. The number of benzene rings is 2. The summed E-state index contributed by atoms with van der Waals surface area (Å²) in [5.41, 5.74) is 3.16. The number of furan rings is 1. The Morgan fingerprint density at radius 3 is 2.60 bits per heavy atom. The molecule has 3 rings (SSSR count). The molecule has 1 unspecified atom stereocenters. The first-order valence-electron chi connectivity index (χ1n) is 6.61. The van der Waals surface area contributed by atoms with E-state index in [1.807, 2.05) is 31.3 Å². The van der Waals surface area contributed by atoms with Crippen molar-refractivity contribution in [1.29, 1.82) is 0 Å². The van der Waals surface area contributed by atoms with Gasteiger partial charge in [-0.05, 0) is 31.7 Å². The minimum absolute atomic E-state index is 0.0263. The van der Waals surface area contributed by atoms with Crippen molar-refractivity contribution in [3.63, 3.8) is 0 Å². The van der Waals surface area contributed by atoms with Crippen LogP contribution in [0.15, 0.2) is 52.9 Å². The Kier molecular flexibility index (Phi) is 3.51. The summed E-state index contributed by atoms with van der Waals surface area (Å²) in [6, 6.07) is 16.3. The van der Waals surface area contributed by atoms with E-state index >= 15 is 0 Å². The minimum atomic E-state index is 0.0263. The molecule has 1 aromatic heterocycles. The molecule has 3 aromatic rings. The van der Waals surface area contributed by atoms with Gasteiger partial charge in [0.25, 0.3) is 0 Å². The first-order chi connectivity index (χ1) is 9.69. The van der Waals surface area contributed by atoms with Gasteiger partial charge in [-0.2, -0.15) is 0 Å². The van der Waals surface area contributed by atoms with E-state index in [1.165, 1.54) is 11.1 Å². The Morgan fingerprint density at radius 2 is 1.90 bits per heavy atom. The standard InChI is InChI=1S/C17H16ClNO/c1-11-5-3-6-12(9-11)16(19-2)15-10-13-7-4-8-14(18)17(13)20-15/h3-10,16,19H,1-2H3. The fourth-order valence-electron chi connectivity index (χ4n) is 2.51. The second-order valence-corrected chi connectivity index (χ2v) is 5.35. The average molecular weight is 286 g/mol. The minimum Gasteiger partial charge on any atom is -0.457 e. The molecule has 0 radical (unpaired) electrons. The van der Waals surface area contributed by atoms with Gasteiger partial charge in [0.05, 0.1) is 11.1 Å². The van der Waals surface area contributed by atoms with Crippen molar-refractivity contribution in [2.24, 2.45) is 0 Å². The maximum absolute atomic E-state index is 6.18. The highest BCUT2D eigenvalue weighted by atomic mass is 35.5. The summed E-state index contributed by atoms with van der Waals surface area (Å²) in [6.45, 7) is 2.09. The zero-order valence-electron chi connectivity index (χ0n) is 11.5. The van der Waals surface area contributed by atoms with Crippen LogP contribution in [0.1, 0.15) is 22.9 Å². The zero-order valence-corrected chi connectivity index (χ0v) is 12.2. The molecule has 0 spiro atoms. The fraction of sp³-hybridized carbons (Fsp3) is 0.176. The lowest BCUT2D eigenvalue weighted by Crippen LogP contribution is -2.16. The van der Waals surface area contributed by atoms with Crippen molar-refractivity contribution in [2.45, 2.75) is 13.0 Å². The number of hydrogen-bond donors (Lipinski definition) is 1. The first-order valence-corrected chi connectivity index (χ1v) is 6.98. The highest BCUT2D eigenvalue weighted by Gasteiger charge is 2.17. The van der Waals surface area contributed by atoms with Crippen molar-refractivity contribution in [2.75, 3.05) is 7.05 Å². The van der Waals surface area contributed by atoms with Crippen molar-refractivity contribution in [1.82, 2.24) is 5.32 Å². The van der Waals surface area contributed by atoms with Gasteiger partial charge >= 0.3 is 0 Å². The normalized spacial score (nSPS) is 12.8. The second-order valence-electron chi connectivity index (χ2n) is 4.94. The highest BCUT2D eigenvalue weighted by Crippen LogP contribution is 2.31. The highest BCUT2D eigenvalue weighted by molar-refractivity contribution is 6.34. The van der Waals surface area contributed by atoms with Gasteiger partial charge in [-0.1, -0.05) is 53.6 Å². The number of rotatable bonds is 3. The second kappa shape index (κ2) is 5.31. The van der Waals surface area contributed by atoms with Crippen LogP contribution in [0.3, 0.4) is 0 Å². The summed E-state index contributed by atoms with van der Waals surface area (Å²) >= 11 is 6.18. The molecule has 20 heavy (non-hydrogen) atoms. The van der Waals surface area contributed by atoms with Crippen LogP contribution in [0.25, 0.3) is 11.0 Å². The van der Waals surface area contributed by atoms with Gasteiger partial charge in [0.1, 0.15) is 5.76 Å². The Morgan fingerprint density at radius 1 is 1.10 bits per heavy atom. The largest absolute Gasteiger partial charge is 0.457 e. The van der Waals surface area contributed by atoms with Crippen LogP contribution in [0.2, 0.25) is 5.02 Å². The van der Waals surface area contributed by atoms with Gasteiger partial charge in [-0.15, -0.1) is 0 Å². The molecular formula is C17H16ClNO. The fourth-order valence-corrected chi connectivity index (χ4v) is 2.73. The molecule has 2 nitrogen and oxygen atoms in total. The smallest absolute Gasteiger partial charge is 0.152 e. The molecule has 0 fully saturated rings. The lowest BCUT2D eigenvalue weighted by Gasteiger charge is -2.14. The van der Waals surface area contributed by atoms with Gasteiger partial charge in [0.2, 0.25) is 0 Å². The summed E-state index contributed by atoms with van der Waals surface area (Å²) in [5, 5.41) is 4.98.